The third-order valence-corrected chi connectivity index (χ3v) is 3.19. The van der Waals surface area contributed by atoms with Crippen LogP contribution in [-0.4, -0.2) is 14.1 Å². The van der Waals surface area contributed by atoms with Crippen molar-refractivity contribution in [3.63, 3.8) is 0 Å². The Morgan fingerprint density at radius 3 is 2.44 bits per heavy atom. The summed E-state index contributed by atoms with van der Waals surface area (Å²) < 4.78 is 23.4. The van der Waals surface area contributed by atoms with Gasteiger partial charge in [0.2, 0.25) is 0 Å². The van der Waals surface area contributed by atoms with Crippen molar-refractivity contribution in [2.75, 3.05) is 0 Å². The lowest BCUT2D eigenvalue weighted by Crippen LogP contribution is -2.19. The van der Waals surface area contributed by atoms with Crippen LogP contribution in [0.3, 0.4) is 0 Å². The van der Waals surface area contributed by atoms with E-state index in [0.717, 1.165) is 5.56 Å². The normalized spacial score (nSPS) is 12.2. The average Bonchev–Trinajstić information content (AvgIpc) is 2.26. The molecule has 0 aliphatic heterocycles. The van der Waals surface area contributed by atoms with Gasteiger partial charge in [-0.25, -0.2) is 0 Å². The molecule has 0 saturated heterocycles. The molecule has 16 heavy (non-hydrogen) atoms. The summed E-state index contributed by atoms with van der Waals surface area (Å²) in [5.74, 6) is 0. The molecule has 1 N–H and O–H groups in total. The number of sulfonamides is 1. The molecule has 1 aromatic rings. The number of hydrazone groups is 1. The summed E-state index contributed by atoms with van der Waals surface area (Å²) in [6.45, 7) is 7.03. The molecule has 0 aliphatic rings. The van der Waals surface area contributed by atoms with Crippen LogP contribution in [0, 0.1) is 6.92 Å². The van der Waals surface area contributed by atoms with Crippen molar-refractivity contribution >= 4 is 15.7 Å². The Morgan fingerprint density at radius 1 is 1.38 bits per heavy atom. The average molecular weight is 238 g/mol. The Balaban J connectivity index is 2.95. The molecule has 0 bridgehead atoms. The van der Waals surface area contributed by atoms with Crippen molar-refractivity contribution in [2.45, 2.75) is 18.7 Å². The van der Waals surface area contributed by atoms with Gasteiger partial charge in [0.25, 0.3) is 10.0 Å². The predicted octanol–water partition coefficient (Wildman–Crippen LogP) is 1.84. The van der Waals surface area contributed by atoms with E-state index >= 15 is 0 Å². The van der Waals surface area contributed by atoms with Gasteiger partial charge in [-0.1, -0.05) is 24.3 Å². The highest BCUT2D eigenvalue weighted by molar-refractivity contribution is 7.89. The Labute approximate surface area is 95.7 Å². The van der Waals surface area contributed by atoms with Crippen molar-refractivity contribution in [3.8, 4) is 0 Å². The second-order valence-electron chi connectivity index (χ2n) is 3.37. The molecule has 0 aliphatic carbocycles. The van der Waals surface area contributed by atoms with Gasteiger partial charge in [0.05, 0.1) is 10.6 Å². The van der Waals surface area contributed by atoms with Gasteiger partial charge in [-0.05, 0) is 32.1 Å². The van der Waals surface area contributed by atoms with E-state index in [4.69, 9.17) is 0 Å². The third kappa shape index (κ3) is 3.20. The number of hydrogen-bond donors (Lipinski definition) is 1. The predicted molar refractivity (Wildman–Crippen MR) is 64.8 cm³/mol. The second kappa shape index (κ2) is 4.94. The van der Waals surface area contributed by atoms with Crippen LogP contribution in [0.15, 0.2) is 46.9 Å². The first-order valence-electron chi connectivity index (χ1n) is 4.71. The summed E-state index contributed by atoms with van der Waals surface area (Å²) in [6, 6.07) is 6.55. The SMILES string of the molecule is C=CC(C)=NNS(=O)(=O)c1ccc(C)cc1. The summed E-state index contributed by atoms with van der Waals surface area (Å²) in [7, 11) is -3.57. The first-order valence-corrected chi connectivity index (χ1v) is 6.19. The summed E-state index contributed by atoms with van der Waals surface area (Å²) in [5.41, 5.74) is 1.51. The van der Waals surface area contributed by atoms with E-state index in [1.807, 2.05) is 6.92 Å². The van der Waals surface area contributed by atoms with Crippen LogP contribution in [0.4, 0.5) is 0 Å². The third-order valence-electron chi connectivity index (χ3n) is 1.97. The zero-order valence-electron chi connectivity index (χ0n) is 9.27. The molecule has 0 fully saturated rings. The summed E-state index contributed by atoms with van der Waals surface area (Å²) >= 11 is 0. The Hall–Kier alpha value is -1.62. The Kier molecular flexibility index (Phi) is 3.84. The fourth-order valence-electron chi connectivity index (χ4n) is 0.948. The van der Waals surface area contributed by atoms with Gasteiger partial charge in [-0.3, -0.25) is 0 Å². The minimum absolute atomic E-state index is 0.193. The van der Waals surface area contributed by atoms with Crippen molar-refractivity contribution in [3.05, 3.63) is 42.5 Å². The minimum Gasteiger partial charge on any atom is -0.200 e. The molecular weight excluding hydrogens is 224 g/mol. The van der Waals surface area contributed by atoms with Gasteiger partial charge in [0, 0.05) is 0 Å². The number of rotatable bonds is 4. The Bertz CT molecular complexity index is 501. The zero-order valence-corrected chi connectivity index (χ0v) is 10.1. The van der Waals surface area contributed by atoms with E-state index in [9.17, 15) is 8.42 Å². The van der Waals surface area contributed by atoms with Crippen LogP contribution in [-0.2, 0) is 10.0 Å². The maximum Gasteiger partial charge on any atom is 0.276 e. The van der Waals surface area contributed by atoms with Gasteiger partial charge in [-0.2, -0.15) is 18.4 Å². The molecule has 0 unspecified atom stereocenters. The summed E-state index contributed by atoms with van der Waals surface area (Å²) in [5, 5.41) is 3.67. The van der Waals surface area contributed by atoms with Crippen LogP contribution in [0.1, 0.15) is 12.5 Å². The lowest BCUT2D eigenvalue weighted by molar-refractivity contribution is 0.584. The number of benzene rings is 1. The molecule has 0 radical (unpaired) electrons. The van der Waals surface area contributed by atoms with Crippen LogP contribution in [0.2, 0.25) is 0 Å². The smallest absolute Gasteiger partial charge is 0.200 e. The fraction of sp³-hybridized carbons (Fsp3) is 0.182. The largest absolute Gasteiger partial charge is 0.276 e. The van der Waals surface area contributed by atoms with Crippen LogP contribution in [0.5, 0.6) is 0 Å². The highest BCUT2D eigenvalue weighted by Crippen LogP contribution is 2.09. The molecule has 0 aromatic heterocycles. The van der Waals surface area contributed by atoms with Gasteiger partial charge in [0.15, 0.2) is 0 Å². The van der Waals surface area contributed by atoms with E-state index in [-0.39, 0.29) is 4.90 Å². The second-order valence-corrected chi connectivity index (χ2v) is 5.03. The minimum atomic E-state index is -3.57. The van der Waals surface area contributed by atoms with E-state index in [2.05, 4.69) is 16.5 Å². The quantitative estimate of drug-likeness (QED) is 0.642. The number of hydrogen-bond acceptors (Lipinski definition) is 3. The van der Waals surface area contributed by atoms with Crippen LogP contribution >= 0.6 is 0 Å². The topological polar surface area (TPSA) is 58.5 Å². The molecule has 0 heterocycles. The van der Waals surface area contributed by atoms with E-state index in [0.29, 0.717) is 5.71 Å². The number of nitrogens with zero attached hydrogens (tertiary/aromatic N) is 1. The van der Waals surface area contributed by atoms with Crippen molar-refractivity contribution in [1.29, 1.82) is 0 Å². The lowest BCUT2D eigenvalue weighted by Gasteiger charge is -2.03. The molecule has 0 atom stereocenters. The molecule has 1 rings (SSSR count). The Morgan fingerprint density at radius 2 is 1.94 bits per heavy atom. The maximum atomic E-state index is 11.7. The molecule has 5 heteroatoms. The monoisotopic (exact) mass is 238 g/mol. The van der Waals surface area contributed by atoms with Crippen LogP contribution in [0.25, 0.3) is 0 Å². The number of aryl methyl sites for hydroxylation is 1. The molecule has 4 nitrogen and oxygen atoms in total. The molecule has 0 amide bonds. The number of nitrogens with one attached hydrogen (secondary N) is 1. The highest BCUT2D eigenvalue weighted by atomic mass is 32.2. The fourth-order valence-corrected chi connectivity index (χ4v) is 1.81. The molecule has 0 spiro atoms. The molecule has 86 valence electrons. The highest BCUT2D eigenvalue weighted by Gasteiger charge is 2.11. The lowest BCUT2D eigenvalue weighted by atomic mass is 10.2. The van der Waals surface area contributed by atoms with Gasteiger partial charge >= 0.3 is 0 Å². The van der Waals surface area contributed by atoms with Crippen LogP contribution < -0.4 is 4.83 Å². The molecular formula is C11H14N2O2S. The molecule has 0 saturated carbocycles. The summed E-state index contributed by atoms with van der Waals surface area (Å²) in [6.07, 6.45) is 1.47. The van der Waals surface area contributed by atoms with E-state index in [1.54, 1.807) is 19.1 Å². The summed E-state index contributed by atoms with van der Waals surface area (Å²) in [4.78, 5) is 2.33. The zero-order chi connectivity index (χ0) is 12.2. The standard InChI is InChI=1S/C11H14N2O2S/c1-4-10(3)12-13-16(14,15)11-7-5-9(2)6-8-11/h4-8,13H,1H2,2-3H3. The first kappa shape index (κ1) is 12.4. The van der Waals surface area contributed by atoms with Gasteiger partial charge in [0.1, 0.15) is 0 Å². The van der Waals surface area contributed by atoms with E-state index < -0.39 is 10.0 Å². The van der Waals surface area contributed by atoms with Crippen molar-refractivity contribution < 1.29 is 8.42 Å². The van der Waals surface area contributed by atoms with Crippen molar-refractivity contribution in [1.82, 2.24) is 4.83 Å². The maximum absolute atomic E-state index is 11.7. The van der Waals surface area contributed by atoms with Gasteiger partial charge in [-0.15, -0.1) is 0 Å². The van der Waals surface area contributed by atoms with Crippen molar-refractivity contribution in [2.24, 2.45) is 5.10 Å². The first-order chi connectivity index (χ1) is 7.45. The van der Waals surface area contributed by atoms with E-state index in [1.165, 1.54) is 18.2 Å². The number of allylic oxidation sites excluding steroid dienone is 1. The van der Waals surface area contributed by atoms with Gasteiger partial charge < -0.3 is 0 Å². The molecule has 1 aromatic carbocycles.